The van der Waals surface area contributed by atoms with Gasteiger partial charge in [-0.25, -0.2) is 4.79 Å². The molecule has 0 spiro atoms. The number of hydrogen-bond acceptors (Lipinski definition) is 5. The SMILES string of the molecule is O=C(Cn1c(=O)[nH]c(=O)c2ccccc21)NC1=NCCS1. The lowest BCUT2D eigenvalue weighted by Crippen LogP contribution is -2.37. The van der Waals surface area contributed by atoms with E-state index in [1.54, 1.807) is 24.3 Å². The molecule has 0 aliphatic carbocycles. The zero-order valence-corrected chi connectivity index (χ0v) is 11.8. The highest BCUT2D eigenvalue weighted by atomic mass is 32.2. The fourth-order valence-corrected chi connectivity index (χ4v) is 2.86. The average molecular weight is 304 g/mol. The van der Waals surface area contributed by atoms with Crippen molar-refractivity contribution in [2.24, 2.45) is 4.99 Å². The lowest BCUT2D eigenvalue weighted by molar-refractivity contribution is -0.120. The van der Waals surface area contributed by atoms with Gasteiger partial charge in [-0.3, -0.25) is 24.1 Å². The fourth-order valence-electron chi connectivity index (χ4n) is 2.11. The Hall–Kier alpha value is -2.35. The van der Waals surface area contributed by atoms with Crippen LogP contribution in [0, 0.1) is 0 Å². The van der Waals surface area contributed by atoms with E-state index < -0.39 is 11.2 Å². The highest BCUT2D eigenvalue weighted by molar-refractivity contribution is 8.14. The van der Waals surface area contributed by atoms with Crippen molar-refractivity contribution in [1.82, 2.24) is 14.9 Å². The molecule has 0 saturated carbocycles. The van der Waals surface area contributed by atoms with Gasteiger partial charge in [-0.05, 0) is 12.1 Å². The molecule has 108 valence electrons. The van der Waals surface area contributed by atoms with Crippen molar-refractivity contribution >= 4 is 33.7 Å². The third-order valence-corrected chi connectivity index (χ3v) is 3.93. The molecule has 2 aromatic rings. The molecule has 8 heteroatoms. The van der Waals surface area contributed by atoms with Crippen LogP contribution in [0.1, 0.15) is 0 Å². The predicted octanol–water partition coefficient (Wildman–Crippen LogP) is -0.0912. The molecule has 0 fully saturated rings. The minimum absolute atomic E-state index is 0.171. The van der Waals surface area contributed by atoms with E-state index in [-0.39, 0.29) is 12.5 Å². The largest absolute Gasteiger partial charge is 0.329 e. The molecule has 2 heterocycles. The van der Waals surface area contributed by atoms with Crippen LogP contribution in [0.4, 0.5) is 0 Å². The van der Waals surface area contributed by atoms with E-state index >= 15 is 0 Å². The topological polar surface area (TPSA) is 96.3 Å². The number of fused-ring (bicyclic) bond motifs is 1. The first-order valence-electron chi connectivity index (χ1n) is 6.34. The number of nitrogens with one attached hydrogen (secondary N) is 2. The van der Waals surface area contributed by atoms with Crippen LogP contribution >= 0.6 is 11.8 Å². The number of thioether (sulfide) groups is 1. The molecule has 0 atom stereocenters. The van der Waals surface area contributed by atoms with Crippen LogP contribution < -0.4 is 16.6 Å². The summed E-state index contributed by atoms with van der Waals surface area (Å²) in [7, 11) is 0. The first-order chi connectivity index (χ1) is 10.1. The molecule has 2 N–H and O–H groups in total. The Labute approximate surface area is 123 Å². The van der Waals surface area contributed by atoms with Crippen molar-refractivity contribution in [3.8, 4) is 0 Å². The van der Waals surface area contributed by atoms with Gasteiger partial charge in [0.2, 0.25) is 5.91 Å². The zero-order chi connectivity index (χ0) is 14.8. The summed E-state index contributed by atoms with van der Waals surface area (Å²) in [6, 6.07) is 6.67. The first kappa shape index (κ1) is 13.6. The fraction of sp³-hybridized carbons (Fsp3) is 0.231. The molecule has 0 unspecified atom stereocenters. The number of aliphatic imine (C=N–C) groups is 1. The lowest BCUT2D eigenvalue weighted by atomic mass is 10.2. The number of aromatic nitrogens is 2. The van der Waals surface area contributed by atoms with Crippen LogP contribution in [0.2, 0.25) is 0 Å². The maximum absolute atomic E-state index is 12.0. The summed E-state index contributed by atoms with van der Waals surface area (Å²) >= 11 is 1.46. The first-order valence-corrected chi connectivity index (χ1v) is 7.32. The number of H-pyrrole nitrogens is 1. The van der Waals surface area contributed by atoms with E-state index in [9.17, 15) is 14.4 Å². The van der Waals surface area contributed by atoms with E-state index in [2.05, 4.69) is 15.3 Å². The average Bonchev–Trinajstić information content (AvgIpc) is 2.96. The molecule has 1 aliphatic heterocycles. The Morgan fingerprint density at radius 3 is 2.95 bits per heavy atom. The molecule has 1 amide bonds. The molecule has 21 heavy (non-hydrogen) atoms. The van der Waals surface area contributed by atoms with Gasteiger partial charge < -0.3 is 5.32 Å². The summed E-state index contributed by atoms with van der Waals surface area (Å²) < 4.78 is 1.24. The van der Waals surface area contributed by atoms with Crippen molar-refractivity contribution in [3.63, 3.8) is 0 Å². The van der Waals surface area contributed by atoms with Crippen molar-refractivity contribution in [2.75, 3.05) is 12.3 Å². The Balaban J connectivity index is 1.95. The van der Waals surface area contributed by atoms with E-state index in [0.717, 1.165) is 5.75 Å². The number of para-hydroxylation sites is 1. The number of amidine groups is 1. The zero-order valence-electron chi connectivity index (χ0n) is 11.0. The normalized spacial score (nSPS) is 14.2. The van der Waals surface area contributed by atoms with E-state index in [1.165, 1.54) is 16.3 Å². The highest BCUT2D eigenvalue weighted by Gasteiger charge is 2.14. The molecule has 7 nitrogen and oxygen atoms in total. The molecule has 1 aliphatic rings. The van der Waals surface area contributed by atoms with Gasteiger partial charge in [-0.1, -0.05) is 23.9 Å². The third kappa shape index (κ3) is 2.75. The highest BCUT2D eigenvalue weighted by Crippen LogP contribution is 2.09. The van der Waals surface area contributed by atoms with Crippen molar-refractivity contribution in [2.45, 2.75) is 6.54 Å². The number of aromatic amines is 1. The molecule has 0 saturated heterocycles. The number of hydrogen-bond donors (Lipinski definition) is 2. The van der Waals surface area contributed by atoms with Crippen molar-refractivity contribution < 1.29 is 4.79 Å². The number of carbonyl (C=O) groups excluding carboxylic acids is 1. The van der Waals surface area contributed by atoms with Gasteiger partial charge in [0.1, 0.15) is 6.54 Å². The van der Waals surface area contributed by atoms with Gasteiger partial charge in [0.25, 0.3) is 5.56 Å². The van der Waals surface area contributed by atoms with Crippen LogP contribution in [0.3, 0.4) is 0 Å². The Morgan fingerprint density at radius 1 is 1.38 bits per heavy atom. The Bertz CT molecular complexity index is 852. The summed E-state index contributed by atoms with van der Waals surface area (Å²) in [4.78, 5) is 42.0. The Kier molecular flexibility index (Phi) is 3.61. The molecular formula is C13H12N4O3S. The number of carbonyl (C=O) groups is 1. The maximum Gasteiger partial charge on any atom is 0.329 e. The number of amides is 1. The number of benzene rings is 1. The van der Waals surface area contributed by atoms with Gasteiger partial charge in [0, 0.05) is 5.75 Å². The molecule has 0 radical (unpaired) electrons. The van der Waals surface area contributed by atoms with Gasteiger partial charge in [-0.15, -0.1) is 0 Å². The molecule has 3 rings (SSSR count). The summed E-state index contributed by atoms with van der Waals surface area (Å²) in [6.07, 6.45) is 0. The van der Waals surface area contributed by atoms with Crippen molar-refractivity contribution in [3.05, 3.63) is 45.1 Å². The van der Waals surface area contributed by atoms with E-state index in [4.69, 9.17) is 0 Å². The van der Waals surface area contributed by atoms with Crippen molar-refractivity contribution in [1.29, 1.82) is 0 Å². The standard InChI is InChI=1S/C13H12N4O3S/c18-10(15-12-14-5-6-21-12)7-17-9-4-2-1-3-8(9)11(19)16-13(17)20/h1-4H,5-7H2,(H,14,15,18)(H,16,19,20). The van der Waals surface area contributed by atoms with Crippen LogP contribution in [-0.2, 0) is 11.3 Å². The predicted molar refractivity (Wildman–Crippen MR) is 81.7 cm³/mol. The smallest absolute Gasteiger partial charge is 0.304 e. The maximum atomic E-state index is 12.0. The summed E-state index contributed by atoms with van der Waals surface area (Å²) in [5.41, 5.74) is -0.625. The van der Waals surface area contributed by atoms with Crippen LogP contribution in [0.25, 0.3) is 10.9 Å². The van der Waals surface area contributed by atoms with Crippen LogP contribution in [0.5, 0.6) is 0 Å². The second kappa shape index (κ2) is 5.57. The number of nitrogens with zero attached hydrogens (tertiary/aromatic N) is 2. The third-order valence-electron chi connectivity index (χ3n) is 3.04. The quantitative estimate of drug-likeness (QED) is 0.810. The Morgan fingerprint density at radius 2 is 2.19 bits per heavy atom. The van der Waals surface area contributed by atoms with Crippen LogP contribution in [0.15, 0.2) is 38.8 Å². The molecule has 0 bridgehead atoms. The van der Waals surface area contributed by atoms with E-state index in [0.29, 0.717) is 22.6 Å². The minimum Gasteiger partial charge on any atom is -0.304 e. The van der Waals surface area contributed by atoms with Gasteiger partial charge in [0.15, 0.2) is 5.17 Å². The molecule has 1 aromatic heterocycles. The monoisotopic (exact) mass is 304 g/mol. The van der Waals surface area contributed by atoms with E-state index in [1.807, 2.05) is 0 Å². The van der Waals surface area contributed by atoms with Gasteiger partial charge in [0.05, 0.1) is 17.4 Å². The van der Waals surface area contributed by atoms with Gasteiger partial charge >= 0.3 is 5.69 Å². The minimum atomic E-state index is -0.602. The van der Waals surface area contributed by atoms with Crippen LogP contribution in [-0.4, -0.2) is 32.9 Å². The summed E-state index contributed by atoms with van der Waals surface area (Å²) in [5, 5.41) is 3.60. The number of rotatable bonds is 2. The van der Waals surface area contributed by atoms with Gasteiger partial charge in [-0.2, -0.15) is 0 Å². The lowest BCUT2D eigenvalue weighted by Gasteiger charge is -2.09. The molecule has 1 aromatic carbocycles. The molecular weight excluding hydrogens is 292 g/mol. The second-order valence-electron chi connectivity index (χ2n) is 4.45. The summed E-state index contributed by atoms with van der Waals surface area (Å²) in [5.74, 6) is 0.499. The summed E-state index contributed by atoms with van der Waals surface area (Å²) in [6.45, 7) is 0.511. The second-order valence-corrected chi connectivity index (χ2v) is 5.53.